The van der Waals surface area contributed by atoms with Crippen molar-refractivity contribution in [2.75, 3.05) is 13.1 Å². The minimum absolute atomic E-state index is 0.517. The highest BCUT2D eigenvalue weighted by atomic mass is 32.1. The average molecular weight is 387 g/mol. The van der Waals surface area contributed by atoms with Crippen molar-refractivity contribution >= 4 is 28.7 Å². The predicted molar refractivity (Wildman–Crippen MR) is 109 cm³/mol. The first-order valence-corrected chi connectivity index (χ1v) is 9.98. The van der Waals surface area contributed by atoms with Gasteiger partial charge in [-0.3, -0.25) is 0 Å². The summed E-state index contributed by atoms with van der Waals surface area (Å²) < 4.78 is 5.79. The minimum Gasteiger partial charge on any atom is -0.418 e. The Bertz CT molecular complexity index is 802. The van der Waals surface area contributed by atoms with Gasteiger partial charge in [-0.15, -0.1) is 21.5 Å². The highest BCUT2D eigenvalue weighted by molar-refractivity contribution is 7.80. The number of nitrogens with one attached hydrogen (secondary N) is 1. The largest absolute Gasteiger partial charge is 0.418 e. The fourth-order valence-electron chi connectivity index (χ4n) is 2.57. The molecule has 26 heavy (non-hydrogen) atoms. The summed E-state index contributed by atoms with van der Waals surface area (Å²) in [5.41, 5.74) is 1.29. The monoisotopic (exact) mass is 386 g/mol. The molecular weight excluding hydrogens is 364 g/mol. The third kappa shape index (κ3) is 5.12. The van der Waals surface area contributed by atoms with Crippen molar-refractivity contribution in [2.24, 2.45) is 0 Å². The van der Waals surface area contributed by atoms with Crippen molar-refractivity contribution in [1.29, 1.82) is 0 Å². The normalized spacial score (nSPS) is 10.7. The van der Waals surface area contributed by atoms with Crippen LogP contribution in [0.1, 0.15) is 24.8 Å². The van der Waals surface area contributed by atoms with Crippen molar-refractivity contribution < 1.29 is 4.42 Å². The minimum atomic E-state index is 0.517. The van der Waals surface area contributed by atoms with E-state index in [1.54, 1.807) is 11.3 Å². The van der Waals surface area contributed by atoms with Gasteiger partial charge in [-0.25, -0.2) is 0 Å². The zero-order valence-electron chi connectivity index (χ0n) is 14.7. The molecule has 0 fully saturated rings. The van der Waals surface area contributed by atoms with Crippen LogP contribution in [0.2, 0.25) is 0 Å². The molecule has 0 aliphatic heterocycles. The second-order valence-electron chi connectivity index (χ2n) is 5.87. The van der Waals surface area contributed by atoms with Crippen molar-refractivity contribution in [2.45, 2.75) is 26.3 Å². The van der Waals surface area contributed by atoms with Gasteiger partial charge in [0.15, 0.2) is 5.11 Å². The molecule has 3 rings (SSSR count). The van der Waals surface area contributed by atoms with Crippen LogP contribution in [0.15, 0.2) is 52.3 Å². The Morgan fingerprint density at radius 1 is 1.19 bits per heavy atom. The molecule has 136 valence electrons. The van der Waals surface area contributed by atoms with Crippen molar-refractivity contribution in [3.63, 3.8) is 0 Å². The van der Waals surface area contributed by atoms with E-state index in [1.807, 2.05) is 23.6 Å². The molecule has 2 aromatic heterocycles. The number of rotatable bonds is 8. The summed E-state index contributed by atoms with van der Waals surface area (Å²) in [4.78, 5) is 3.06. The summed E-state index contributed by atoms with van der Waals surface area (Å²) in [6.07, 6.45) is 1.93. The molecule has 7 heteroatoms. The molecule has 0 amide bonds. The second kappa shape index (κ2) is 9.45. The third-order valence-corrected chi connectivity index (χ3v) is 5.10. The molecule has 0 radical (unpaired) electrons. The Labute approximate surface area is 163 Å². The molecule has 0 bridgehead atoms. The van der Waals surface area contributed by atoms with Crippen LogP contribution in [0.5, 0.6) is 0 Å². The van der Waals surface area contributed by atoms with E-state index in [9.17, 15) is 0 Å². The summed E-state index contributed by atoms with van der Waals surface area (Å²) in [6.45, 7) is 4.29. The zero-order valence-corrected chi connectivity index (χ0v) is 16.4. The van der Waals surface area contributed by atoms with Gasteiger partial charge in [-0.05, 0) is 42.1 Å². The Hall–Kier alpha value is -2.25. The summed E-state index contributed by atoms with van der Waals surface area (Å²) in [5.74, 6) is 1.14. The summed E-state index contributed by atoms with van der Waals surface area (Å²) >= 11 is 7.15. The van der Waals surface area contributed by atoms with Crippen molar-refractivity contribution in [3.05, 3.63) is 59.3 Å². The molecule has 0 atom stereocenters. The molecule has 0 spiro atoms. The quantitative estimate of drug-likeness (QED) is 0.588. The topological polar surface area (TPSA) is 54.2 Å². The lowest BCUT2D eigenvalue weighted by molar-refractivity contribution is 0.351. The van der Waals surface area contributed by atoms with E-state index < -0.39 is 0 Å². The van der Waals surface area contributed by atoms with E-state index in [-0.39, 0.29) is 0 Å². The highest BCUT2D eigenvalue weighted by Crippen LogP contribution is 2.23. The summed E-state index contributed by atoms with van der Waals surface area (Å²) in [5, 5.41) is 14.4. The first kappa shape index (κ1) is 18.5. The Morgan fingerprint density at radius 3 is 2.77 bits per heavy atom. The van der Waals surface area contributed by atoms with Gasteiger partial charge in [0, 0.05) is 13.1 Å². The van der Waals surface area contributed by atoms with Gasteiger partial charge in [-0.1, -0.05) is 43.3 Å². The molecule has 0 saturated heterocycles. The van der Waals surface area contributed by atoms with Gasteiger partial charge < -0.3 is 14.6 Å². The standard InChI is InChI=1S/C19H22N4OS2/c1-2-12-23(19(25)20-11-10-15-7-4-3-5-8-15)14-17-21-22-18(24-17)16-9-6-13-26-16/h3-9,13H,2,10-12,14H2,1H3,(H,20,25). The van der Waals surface area contributed by atoms with Crippen LogP contribution in [-0.2, 0) is 13.0 Å². The number of benzene rings is 1. The van der Waals surface area contributed by atoms with Gasteiger partial charge in [0.05, 0.1) is 11.4 Å². The van der Waals surface area contributed by atoms with Gasteiger partial charge in [-0.2, -0.15) is 0 Å². The first-order chi connectivity index (χ1) is 12.8. The van der Waals surface area contributed by atoms with E-state index in [0.717, 1.165) is 35.9 Å². The van der Waals surface area contributed by atoms with Crippen LogP contribution in [0, 0.1) is 0 Å². The van der Waals surface area contributed by atoms with E-state index in [2.05, 4.69) is 51.6 Å². The SMILES string of the molecule is CCCN(Cc1nnc(-c2cccs2)o1)C(=S)NCCc1ccccc1. The second-order valence-corrected chi connectivity index (χ2v) is 7.20. The number of thiocarbonyl (C=S) groups is 1. The van der Waals surface area contributed by atoms with Gasteiger partial charge in [0.1, 0.15) is 0 Å². The lowest BCUT2D eigenvalue weighted by atomic mass is 10.1. The average Bonchev–Trinajstić information content (AvgIpc) is 3.34. The van der Waals surface area contributed by atoms with Crippen molar-refractivity contribution in [1.82, 2.24) is 20.4 Å². The third-order valence-electron chi connectivity index (χ3n) is 3.84. The molecule has 0 aliphatic rings. The molecule has 1 N–H and O–H groups in total. The first-order valence-electron chi connectivity index (χ1n) is 8.69. The number of nitrogens with zero attached hydrogens (tertiary/aromatic N) is 3. The van der Waals surface area contributed by atoms with Crippen LogP contribution < -0.4 is 5.32 Å². The predicted octanol–water partition coefficient (Wildman–Crippen LogP) is 4.13. The maximum absolute atomic E-state index is 5.79. The number of thiophene rings is 1. The summed E-state index contributed by atoms with van der Waals surface area (Å²) in [7, 11) is 0. The maximum atomic E-state index is 5.79. The number of hydrogen-bond donors (Lipinski definition) is 1. The molecule has 0 aliphatic carbocycles. The van der Waals surface area contributed by atoms with Gasteiger partial charge in [0.2, 0.25) is 5.89 Å². The van der Waals surface area contributed by atoms with Crippen LogP contribution in [0.25, 0.3) is 10.8 Å². The van der Waals surface area contributed by atoms with E-state index in [4.69, 9.17) is 16.6 Å². The van der Waals surface area contributed by atoms with Gasteiger partial charge in [0.25, 0.3) is 5.89 Å². The lowest BCUT2D eigenvalue weighted by Crippen LogP contribution is -2.40. The lowest BCUT2D eigenvalue weighted by Gasteiger charge is -2.23. The molecule has 2 heterocycles. The molecule has 0 saturated carbocycles. The van der Waals surface area contributed by atoms with Crippen LogP contribution in [0.3, 0.4) is 0 Å². The summed E-state index contributed by atoms with van der Waals surface area (Å²) in [6, 6.07) is 14.3. The molecule has 5 nitrogen and oxygen atoms in total. The Kier molecular flexibility index (Phi) is 6.74. The van der Waals surface area contributed by atoms with E-state index >= 15 is 0 Å². The molecular formula is C19H22N4OS2. The highest BCUT2D eigenvalue weighted by Gasteiger charge is 2.15. The van der Waals surface area contributed by atoms with Gasteiger partial charge >= 0.3 is 0 Å². The molecule has 1 aromatic carbocycles. The number of aromatic nitrogens is 2. The van der Waals surface area contributed by atoms with E-state index in [1.165, 1.54) is 5.56 Å². The Morgan fingerprint density at radius 2 is 2.04 bits per heavy atom. The fourth-order valence-corrected chi connectivity index (χ4v) is 3.48. The van der Waals surface area contributed by atoms with Crippen LogP contribution >= 0.6 is 23.6 Å². The Balaban J connectivity index is 1.55. The maximum Gasteiger partial charge on any atom is 0.257 e. The van der Waals surface area contributed by atoms with E-state index in [0.29, 0.717) is 18.3 Å². The molecule has 3 aromatic rings. The van der Waals surface area contributed by atoms with Crippen molar-refractivity contribution in [3.8, 4) is 10.8 Å². The smallest absolute Gasteiger partial charge is 0.257 e. The number of hydrogen-bond acceptors (Lipinski definition) is 5. The molecule has 0 unspecified atom stereocenters. The van der Waals surface area contributed by atoms with Crippen LogP contribution in [0.4, 0.5) is 0 Å². The fraction of sp³-hybridized carbons (Fsp3) is 0.316. The van der Waals surface area contributed by atoms with Crippen LogP contribution in [-0.4, -0.2) is 33.3 Å². The zero-order chi connectivity index (χ0) is 18.2.